The fourth-order valence-corrected chi connectivity index (χ4v) is 1.71. The molecule has 0 saturated heterocycles. The minimum Gasteiger partial charge on any atom is -0.481 e. The number of aliphatic carboxylic acids is 1. The molecule has 0 amide bonds. The lowest BCUT2D eigenvalue weighted by Gasteiger charge is -2.07. The summed E-state index contributed by atoms with van der Waals surface area (Å²) in [5.74, 6) is -0.650. The number of allylic oxidation sites excluding steroid dienone is 1. The van der Waals surface area contributed by atoms with Crippen molar-refractivity contribution in [2.75, 3.05) is 6.61 Å². The molecule has 1 N–H and O–H groups in total. The Morgan fingerprint density at radius 3 is 2.71 bits per heavy atom. The van der Waals surface area contributed by atoms with E-state index in [0.29, 0.717) is 22.6 Å². The number of nitriles is 1. The van der Waals surface area contributed by atoms with Crippen molar-refractivity contribution in [1.29, 1.82) is 5.26 Å². The zero-order chi connectivity index (χ0) is 15.1. The fraction of sp³-hybridized carbons (Fsp3) is 0.0625. The third-order valence-electron chi connectivity index (χ3n) is 2.63. The maximum Gasteiger partial charge on any atom is 0.341 e. The molecule has 21 heavy (non-hydrogen) atoms. The van der Waals surface area contributed by atoms with E-state index < -0.39 is 12.6 Å². The van der Waals surface area contributed by atoms with E-state index in [1.54, 1.807) is 54.7 Å². The monoisotopic (exact) mass is 280 g/mol. The summed E-state index contributed by atoms with van der Waals surface area (Å²) in [4.78, 5) is 14.7. The van der Waals surface area contributed by atoms with Gasteiger partial charge in [0.2, 0.25) is 0 Å². The average Bonchev–Trinajstić information content (AvgIpc) is 2.52. The van der Waals surface area contributed by atoms with Crippen LogP contribution in [0.1, 0.15) is 11.3 Å². The second-order valence-electron chi connectivity index (χ2n) is 4.11. The maximum absolute atomic E-state index is 10.6. The Hall–Kier alpha value is -3.13. The van der Waals surface area contributed by atoms with Gasteiger partial charge >= 0.3 is 5.97 Å². The van der Waals surface area contributed by atoms with Gasteiger partial charge in [0.25, 0.3) is 0 Å². The van der Waals surface area contributed by atoms with Crippen molar-refractivity contribution < 1.29 is 14.6 Å². The highest BCUT2D eigenvalue weighted by molar-refractivity contribution is 5.89. The summed E-state index contributed by atoms with van der Waals surface area (Å²) in [7, 11) is 0. The van der Waals surface area contributed by atoms with Gasteiger partial charge in [-0.25, -0.2) is 4.79 Å². The van der Waals surface area contributed by atoms with Gasteiger partial charge in [-0.3, -0.25) is 4.98 Å². The first-order chi connectivity index (χ1) is 10.2. The highest BCUT2D eigenvalue weighted by Crippen LogP contribution is 2.23. The highest BCUT2D eigenvalue weighted by Gasteiger charge is 2.07. The van der Waals surface area contributed by atoms with E-state index >= 15 is 0 Å². The smallest absolute Gasteiger partial charge is 0.341 e. The normalized spacial score (nSPS) is 10.7. The van der Waals surface area contributed by atoms with Crippen molar-refractivity contribution in [3.8, 4) is 11.8 Å². The molecule has 0 aliphatic heterocycles. The standard InChI is InChI=1S/C16H12N2O3/c17-10-13(14-6-3-4-8-18-14)9-12-5-1-2-7-15(12)21-11-16(19)20/h1-9H,11H2,(H,19,20)/b13-9+. The van der Waals surface area contributed by atoms with Crippen LogP contribution in [0.4, 0.5) is 0 Å². The van der Waals surface area contributed by atoms with Crippen LogP contribution in [0.3, 0.4) is 0 Å². The molecule has 0 spiro atoms. The van der Waals surface area contributed by atoms with Gasteiger partial charge in [0.05, 0.1) is 11.3 Å². The number of carbonyl (C=O) groups is 1. The molecule has 1 heterocycles. The van der Waals surface area contributed by atoms with Crippen LogP contribution in [0.2, 0.25) is 0 Å². The summed E-state index contributed by atoms with van der Waals surface area (Å²) in [6.07, 6.45) is 3.23. The molecule has 0 fully saturated rings. The Labute approximate surface area is 121 Å². The number of aromatic nitrogens is 1. The molecule has 0 saturated carbocycles. The molecule has 0 aliphatic carbocycles. The summed E-state index contributed by atoms with van der Waals surface area (Å²) < 4.78 is 5.21. The summed E-state index contributed by atoms with van der Waals surface area (Å²) in [5, 5.41) is 17.9. The van der Waals surface area contributed by atoms with Crippen LogP contribution in [0.25, 0.3) is 11.6 Å². The van der Waals surface area contributed by atoms with E-state index in [2.05, 4.69) is 11.1 Å². The third kappa shape index (κ3) is 3.91. The minimum atomic E-state index is -1.06. The lowest BCUT2D eigenvalue weighted by Crippen LogP contribution is -2.09. The van der Waals surface area contributed by atoms with Crippen LogP contribution in [-0.2, 0) is 4.79 Å². The number of pyridine rings is 1. The van der Waals surface area contributed by atoms with E-state index in [0.717, 1.165) is 0 Å². The summed E-state index contributed by atoms with van der Waals surface area (Å²) in [6.45, 7) is -0.434. The molecule has 5 heteroatoms. The van der Waals surface area contributed by atoms with Crippen molar-refractivity contribution in [3.05, 3.63) is 59.9 Å². The largest absolute Gasteiger partial charge is 0.481 e. The predicted octanol–water partition coefficient (Wildman–Crippen LogP) is 2.61. The molecule has 0 atom stereocenters. The van der Waals surface area contributed by atoms with Crippen LogP contribution >= 0.6 is 0 Å². The number of carboxylic acids is 1. The van der Waals surface area contributed by atoms with Crippen molar-refractivity contribution in [2.45, 2.75) is 0 Å². The number of nitrogens with zero attached hydrogens (tertiary/aromatic N) is 2. The van der Waals surface area contributed by atoms with E-state index in [1.165, 1.54) is 0 Å². The molecule has 0 bridgehead atoms. The van der Waals surface area contributed by atoms with Gasteiger partial charge in [0, 0.05) is 11.8 Å². The number of para-hydroxylation sites is 1. The first-order valence-electron chi connectivity index (χ1n) is 6.17. The van der Waals surface area contributed by atoms with Crippen LogP contribution in [0.15, 0.2) is 48.7 Å². The molecule has 2 rings (SSSR count). The van der Waals surface area contributed by atoms with Gasteiger partial charge in [-0.1, -0.05) is 24.3 Å². The number of rotatable bonds is 5. The fourth-order valence-electron chi connectivity index (χ4n) is 1.71. The number of hydrogen-bond acceptors (Lipinski definition) is 4. The van der Waals surface area contributed by atoms with E-state index in [1.807, 2.05) is 0 Å². The van der Waals surface area contributed by atoms with Crippen LogP contribution in [0, 0.1) is 11.3 Å². The molecule has 5 nitrogen and oxygen atoms in total. The molecule has 1 aromatic carbocycles. The average molecular weight is 280 g/mol. The zero-order valence-electron chi connectivity index (χ0n) is 11.1. The second-order valence-corrected chi connectivity index (χ2v) is 4.11. The highest BCUT2D eigenvalue weighted by atomic mass is 16.5. The summed E-state index contributed by atoms with van der Waals surface area (Å²) in [5.41, 5.74) is 1.55. The number of hydrogen-bond donors (Lipinski definition) is 1. The predicted molar refractivity (Wildman–Crippen MR) is 77.3 cm³/mol. The van der Waals surface area contributed by atoms with Gasteiger partial charge in [-0.05, 0) is 24.3 Å². The molecule has 0 aliphatic rings. The van der Waals surface area contributed by atoms with E-state index in [9.17, 15) is 10.1 Å². The lowest BCUT2D eigenvalue weighted by atomic mass is 10.1. The molecular formula is C16H12N2O3. The topological polar surface area (TPSA) is 83.2 Å². The first-order valence-corrected chi connectivity index (χ1v) is 6.17. The number of ether oxygens (including phenoxy) is 1. The second kappa shape index (κ2) is 6.87. The zero-order valence-corrected chi connectivity index (χ0v) is 11.1. The lowest BCUT2D eigenvalue weighted by molar-refractivity contribution is -0.139. The van der Waals surface area contributed by atoms with Crippen molar-refractivity contribution >= 4 is 17.6 Å². The molecule has 0 radical (unpaired) electrons. The van der Waals surface area contributed by atoms with Crippen molar-refractivity contribution in [1.82, 2.24) is 4.98 Å². The summed E-state index contributed by atoms with van der Waals surface area (Å²) >= 11 is 0. The third-order valence-corrected chi connectivity index (χ3v) is 2.63. The van der Waals surface area contributed by atoms with Crippen molar-refractivity contribution in [2.24, 2.45) is 0 Å². The Morgan fingerprint density at radius 1 is 1.29 bits per heavy atom. The first kappa shape index (κ1) is 14.3. The molecule has 2 aromatic rings. The number of carboxylic acid groups (broad SMARTS) is 1. The van der Waals surface area contributed by atoms with Crippen LogP contribution < -0.4 is 4.74 Å². The summed E-state index contributed by atoms with van der Waals surface area (Å²) in [6, 6.07) is 14.3. The molecular weight excluding hydrogens is 268 g/mol. The minimum absolute atomic E-state index is 0.377. The van der Waals surface area contributed by atoms with Gasteiger partial charge in [0.15, 0.2) is 6.61 Å². The van der Waals surface area contributed by atoms with Gasteiger partial charge in [0.1, 0.15) is 11.8 Å². The molecule has 0 unspecified atom stereocenters. The van der Waals surface area contributed by atoms with E-state index in [4.69, 9.17) is 9.84 Å². The maximum atomic E-state index is 10.6. The van der Waals surface area contributed by atoms with Crippen LogP contribution in [-0.4, -0.2) is 22.7 Å². The Balaban J connectivity index is 2.35. The van der Waals surface area contributed by atoms with E-state index in [-0.39, 0.29) is 0 Å². The SMILES string of the molecule is N#C/C(=C\c1ccccc1OCC(=O)O)c1ccccn1. The van der Waals surface area contributed by atoms with Gasteiger partial charge < -0.3 is 9.84 Å². The van der Waals surface area contributed by atoms with Gasteiger partial charge in [-0.15, -0.1) is 0 Å². The molecule has 1 aromatic heterocycles. The Bertz CT molecular complexity index is 703. The van der Waals surface area contributed by atoms with Crippen molar-refractivity contribution in [3.63, 3.8) is 0 Å². The van der Waals surface area contributed by atoms with Crippen LogP contribution in [0.5, 0.6) is 5.75 Å². The van der Waals surface area contributed by atoms with Gasteiger partial charge in [-0.2, -0.15) is 5.26 Å². The Kier molecular flexibility index (Phi) is 4.67. The quantitative estimate of drug-likeness (QED) is 0.851. The molecule has 104 valence electrons. The Morgan fingerprint density at radius 2 is 2.05 bits per heavy atom. The number of benzene rings is 1.